The summed E-state index contributed by atoms with van der Waals surface area (Å²) in [6, 6.07) is 51.9. The summed E-state index contributed by atoms with van der Waals surface area (Å²) in [5.41, 5.74) is 13.2. The average molecular weight is 2310 g/mol. The predicted octanol–water partition coefficient (Wildman–Crippen LogP) is 23.9. The van der Waals surface area contributed by atoms with Crippen LogP contribution in [0.4, 0.5) is 52.7 Å². The molecule has 5 aromatic heterocycles. The second kappa shape index (κ2) is 45.7. The van der Waals surface area contributed by atoms with E-state index in [9.17, 15) is 52.7 Å². The molecule has 0 saturated carbocycles. The van der Waals surface area contributed by atoms with E-state index in [-0.39, 0.29) is 101 Å². The Morgan fingerprint density at radius 3 is 1.23 bits per heavy atom. The normalized spacial score (nSPS) is 10.9. The van der Waals surface area contributed by atoms with Crippen LogP contribution in [-0.2, 0) is 157 Å². The third-order valence-corrected chi connectivity index (χ3v) is 15.5. The second-order valence-electron chi connectivity index (χ2n) is 23.7. The Balaban J connectivity index is 0.000000639. The number of hydrogen-bond acceptors (Lipinski definition) is 5. The third-order valence-electron chi connectivity index (χ3n) is 15.5. The average Bonchev–Trinajstić information content (AvgIpc) is 0.811. The van der Waals surface area contributed by atoms with Gasteiger partial charge in [0, 0.05) is 131 Å². The Bertz CT molecular complexity index is 4110. The van der Waals surface area contributed by atoms with Gasteiger partial charge in [0.05, 0.1) is 5.56 Å². The van der Waals surface area contributed by atoms with Gasteiger partial charge in [-0.2, -0.15) is 52.7 Å². The van der Waals surface area contributed by atoms with Gasteiger partial charge in [0.2, 0.25) is 0 Å². The van der Waals surface area contributed by atoms with Crippen molar-refractivity contribution in [1.82, 2.24) is 24.9 Å². The monoisotopic (exact) mass is 2320 g/mol. The molecule has 5 heterocycles. The fourth-order valence-corrected chi connectivity index (χ4v) is 10.4. The molecule has 0 aliphatic heterocycles. The summed E-state index contributed by atoms with van der Waals surface area (Å²) in [6.07, 6.45) is -1.82. The zero-order valence-electron chi connectivity index (χ0n) is 58.4. The van der Waals surface area contributed by atoms with Crippen molar-refractivity contribution in [2.75, 3.05) is 0 Å². The molecule has 22 heteroatoms. The largest absolute Gasteiger partial charge is 0.417 e. The SMILES string of the molecule is CCCCCc1cc(-c2ncc(C)cc2C)[c-]cc1C(F)(F)F.CCCc1c[c-]c(-c2cc(C)ccn2)cc1.CCCc1c[c-]c(-c2ccc(C(F)(F)F)cn2)cc1.CCCc1cc(-c2ccc(C)c(C)n2)[c-]cc1C(F)(F)F.CCCc1cc(-c2ccccn2)[c-]cc1C(F)(F)F.[Ir].[Ir].[Ir].[Ir].[Ir]. The van der Waals surface area contributed by atoms with Crippen LogP contribution in [0.25, 0.3) is 56.3 Å². The molecule has 5 radical (unpaired) electrons. The zero-order valence-corrected chi connectivity index (χ0v) is 70.4. The predicted molar refractivity (Wildman–Crippen MR) is 365 cm³/mol. The molecule has 0 fully saturated rings. The Morgan fingerprint density at radius 1 is 0.340 bits per heavy atom. The van der Waals surface area contributed by atoms with Crippen molar-refractivity contribution < 1.29 is 153 Å². The van der Waals surface area contributed by atoms with Gasteiger partial charge < -0.3 is 24.9 Å². The van der Waals surface area contributed by atoms with E-state index in [2.05, 4.69) is 100 Å². The Kier molecular flexibility index (Phi) is 42.3. The first-order chi connectivity index (χ1) is 46.5. The molecule has 0 saturated heterocycles. The van der Waals surface area contributed by atoms with Crippen molar-refractivity contribution >= 4 is 0 Å². The van der Waals surface area contributed by atoms with Crippen molar-refractivity contribution in [2.24, 2.45) is 0 Å². The van der Waals surface area contributed by atoms with Gasteiger partial charge in [-0.1, -0.05) is 152 Å². The zero-order chi connectivity index (χ0) is 71.8. The first-order valence-electron chi connectivity index (χ1n) is 32.6. The van der Waals surface area contributed by atoms with Crippen molar-refractivity contribution in [3.8, 4) is 56.3 Å². The third kappa shape index (κ3) is 30.2. The standard InChI is InChI=1S/C19H21F3N.C17H17F3N.2C15H13F3N.C15H16N.5Ir/c1-4-5-6-7-15-11-16(8-9-17(15)19(20,21)22)18-14(3)10-13(2)12-23-18;1-4-5-13-10-14(7-8-15(13)17(18,19)20)16-9-6-11(2)12(3)21-16;1-2-5-11-10-12(14-6-3-4-9-19-14)7-8-13(11)15(16,17)18;1-2-3-11-4-6-12(7-5-11)14-9-8-13(10-19-14)15(16,17)18;1-3-4-13-5-7-14(8-6-13)15-11-12(2)9-10-16-15;;;;;/h9-12H,4-7H2,1-3H3;6,8-10H,4-5H2,1-3H3;3-4,6,8-10H,2,5H2,1H3;4-6,8-10H,2-3H2,1H3;5-7,9-11H,3-4H2,1-2H3;;;;;/q5*-1;;;;;. The minimum atomic E-state index is -4.35. The van der Waals surface area contributed by atoms with Crippen molar-refractivity contribution in [1.29, 1.82) is 0 Å². The summed E-state index contributed by atoms with van der Waals surface area (Å²) < 4.78 is 154. The summed E-state index contributed by atoms with van der Waals surface area (Å²) in [4.78, 5) is 21.1. The van der Waals surface area contributed by atoms with E-state index < -0.39 is 47.0 Å². The molecule has 0 unspecified atom stereocenters. The van der Waals surface area contributed by atoms with Gasteiger partial charge in [-0.25, -0.2) is 0 Å². The first-order valence-corrected chi connectivity index (χ1v) is 32.6. The molecule has 0 spiro atoms. The van der Waals surface area contributed by atoms with Crippen LogP contribution < -0.4 is 0 Å². The van der Waals surface area contributed by atoms with E-state index in [4.69, 9.17) is 0 Å². The number of pyridine rings is 5. The van der Waals surface area contributed by atoms with Crippen LogP contribution in [0.3, 0.4) is 0 Å². The molecule has 0 N–H and O–H groups in total. The van der Waals surface area contributed by atoms with Crippen LogP contribution >= 0.6 is 0 Å². The maximum absolute atomic E-state index is 13.2. The molecule has 0 atom stereocenters. The molecule has 5 nitrogen and oxygen atoms in total. The smallest absolute Gasteiger partial charge is 0.305 e. The number of hydrogen-bond donors (Lipinski definition) is 0. The number of benzene rings is 5. The summed E-state index contributed by atoms with van der Waals surface area (Å²) in [5.74, 6) is 0. The van der Waals surface area contributed by atoms with Gasteiger partial charge >= 0.3 is 24.7 Å². The first kappa shape index (κ1) is 95.3. The van der Waals surface area contributed by atoms with Crippen LogP contribution in [0.5, 0.6) is 0 Å². The number of alkyl halides is 12. The number of aromatic nitrogens is 5. The van der Waals surface area contributed by atoms with E-state index in [1.54, 1.807) is 42.7 Å². The van der Waals surface area contributed by atoms with E-state index in [1.807, 2.05) is 97.1 Å². The minimum absolute atomic E-state index is 0. The van der Waals surface area contributed by atoms with Crippen LogP contribution in [0.1, 0.15) is 158 Å². The molecule has 103 heavy (non-hydrogen) atoms. The van der Waals surface area contributed by atoms with Crippen LogP contribution in [0.2, 0.25) is 0 Å². The van der Waals surface area contributed by atoms with Gasteiger partial charge in [0.15, 0.2) is 0 Å². The fourth-order valence-electron chi connectivity index (χ4n) is 10.4. The van der Waals surface area contributed by atoms with Gasteiger partial charge in [0.25, 0.3) is 0 Å². The van der Waals surface area contributed by atoms with E-state index in [0.29, 0.717) is 93.8 Å². The quantitative estimate of drug-likeness (QED) is 0.0516. The minimum Gasteiger partial charge on any atom is -0.305 e. The fraction of sp³-hybridized carbons (Fsp3) is 0.321. The topological polar surface area (TPSA) is 64.5 Å². The molecule has 0 bridgehead atoms. The Hall–Kier alpha value is -5.74. The van der Waals surface area contributed by atoms with Gasteiger partial charge in [-0.05, 0) is 122 Å². The summed E-state index contributed by atoms with van der Waals surface area (Å²) in [5, 5.41) is 0. The molecular formula is C81H80F12Ir5N5-5. The summed E-state index contributed by atoms with van der Waals surface area (Å²) in [6.45, 7) is 19.8. The number of unbranched alkanes of at least 4 members (excludes halogenated alkanes) is 2. The van der Waals surface area contributed by atoms with Gasteiger partial charge in [-0.15, -0.1) is 159 Å². The maximum Gasteiger partial charge on any atom is 0.417 e. The van der Waals surface area contributed by atoms with Crippen LogP contribution in [-0.4, -0.2) is 24.9 Å². The molecule has 563 valence electrons. The molecule has 10 rings (SSSR count). The molecule has 5 aromatic carbocycles. The summed E-state index contributed by atoms with van der Waals surface area (Å²) >= 11 is 0. The molecular weight excluding hydrogens is 2230 g/mol. The number of nitrogens with zero attached hydrogens (tertiary/aromatic N) is 5. The van der Waals surface area contributed by atoms with Crippen molar-refractivity contribution in [3.05, 3.63) is 267 Å². The van der Waals surface area contributed by atoms with Crippen molar-refractivity contribution in [3.63, 3.8) is 0 Å². The van der Waals surface area contributed by atoms with Gasteiger partial charge in [-0.3, -0.25) is 0 Å². The Morgan fingerprint density at radius 2 is 0.806 bits per heavy atom. The summed E-state index contributed by atoms with van der Waals surface area (Å²) in [7, 11) is 0. The second-order valence-corrected chi connectivity index (χ2v) is 23.7. The Labute approximate surface area is 666 Å². The van der Waals surface area contributed by atoms with Crippen LogP contribution in [0.15, 0.2) is 158 Å². The molecule has 0 aliphatic rings. The van der Waals surface area contributed by atoms with E-state index >= 15 is 0 Å². The van der Waals surface area contributed by atoms with E-state index in [0.717, 1.165) is 108 Å². The molecule has 0 amide bonds. The van der Waals surface area contributed by atoms with Crippen LogP contribution in [0, 0.1) is 65.0 Å². The van der Waals surface area contributed by atoms with E-state index in [1.165, 1.54) is 29.7 Å². The molecule has 0 aliphatic carbocycles. The molecule has 10 aromatic rings. The van der Waals surface area contributed by atoms with Crippen molar-refractivity contribution in [2.45, 2.75) is 171 Å². The van der Waals surface area contributed by atoms with Gasteiger partial charge in [0.1, 0.15) is 0 Å². The number of halogens is 12. The maximum atomic E-state index is 13.2. The number of rotatable bonds is 17. The number of aryl methyl sites for hydroxylation is 10.